The van der Waals surface area contributed by atoms with Gasteiger partial charge in [0.15, 0.2) is 6.61 Å². The van der Waals surface area contributed by atoms with Crippen molar-refractivity contribution in [2.75, 3.05) is 6.61 Å². The number of rotatable bonds is 3. The van der Waals surface area contributed by atoms with E-state index in [1.54, 1.807) is 6.07 Å². The summed E-state index contributed by atoms with van der Waals surface area (Å²) in [7, 11) is 0. The van der Waals surface area contributed by atoms with Crippen molar-refractivity contribution in [3.63, 3.8) is 0 Å². The van der Waals surface area contributed by atoms with Crippen molar-refractivity contribution in [2.45, 2.75) is 0 Å². The molecule has 0 saturated carbocycles. The minimum Gasteiger partial charge on any atom is -0.478 e. The van der Waals surface area contributed by atoms with Crippen LogP contribution in [0, 0.1) is 11.3 Å². The molecule has 1 aromatic carbocycles. The largest absolute Gasteiger partial charge is 0.478 e. The maximum absolute atomic E-state index is 10.6. The molecule has 0 aliphatic heterocycles. The van der Waals surface area contributed by atoms with Crippen LogP contribution in [0.2, 0.25) is 5.02 Å². The van der Waals surface area contributed by atoms with Crippen LogP contribution >= 0.6 is 11.6 Å². The Morgan fingerprint density at radius 1 is 1.64 bits per heavy atom. The Morgan fingerprint density at radius 2 is 2.36 bits per heavy atom. The van der Waals surface area contributed by atoms with Gasteiger partial charge < -0.3 is 9.84 Å². The zero-order valence-electron chi connectivity index (χ0n) is 7.03. The number of ether oxygens (including phenoxy) is 1. The fourth-order valence-electron chi connectivity index (χ4n) is 0.897. The molecule has 0 fully saturated rings. The molecule has 0 unspecified atom stereocenters. The van der Waals surface area contributed by atoms with Gasteiger partial charge in [0, 0.05) is 0 Å². The predicted molar refractivity (Wildman–Crippen MR) is 49.5 cm³/mol. The number of hydrogen-bond donors (Lipinski definition) is 1. The lowest BCUT2D eigenvalue weighted by Gasteiger charge is -2.05. The van der Waals surface area contributed by atoms with Crippen LogP contribution in [0.5, 0.6) is 5.75 Å². The molecule has 0 amide bonds. The van der Waals surface area contributed by atoms with Gasteiger partial charge >= 0.3 is 5.97 Å². The topological polar surface area (TPSA) is 70.3 Å². The van der Waals surface area contributed by atoms with Gasteiger partial charge in [-0.15, -0.1) is 0 Å². The number of nitrogens with zero attached hydrogens (tertiary/aromatic N) is 1. The molecule has 0 saturated heterocycles. The molecule has 4 nitrogen and oxygen atoms in total. The number of aromatic carboxylic acids is 1. The van der Waals surface area contributed by atoms with Gasteiger partial charge in [-0.3, -0.25) is 0 Å². The van der Waals surface area contributed by atoms with Gasteiger partial charge in [0.1, 0.15) is 11.8 Å². The summed E-state index contributed by atoms with van der Waals surface area (Å²) >= 11 is 5.72. The van der Waals surface area contributed by atoms with Gasteiger partial charge in [-0.05, 0) is 12.1 Å². The highest BCUT2D eigenvalue weighted by atomic mass is 35.5. The van der Waals surface area contributed by atoms with Crippen molar-refractivity contribution in [3.8, 4) is 11.8 Å². The molecule has 0 aromatic heterocycles. The molecule has 1 aromatic rings. The number of carboxylic acid groups (broad SMARTS) is 1. The first-order valence-corrected chi connectivity index (χ1v) is 4.06. The molecule has 72 valence electrons. The molecule has 0 atom stereocenters. The van der Waals surface area contributed by atoms with Crippen molar-refractivity contribution in [1.82, 2.24) is 0 Å². The summed E-state index contributed by atoms with van der Waals surface area (Å²) in [6.45, 7) is -0.164. The molecule has 1 rings (SSSR count). The Hall–Kier alpha value is -1.73. The first-order chi connectivity index (χ1) is 6.66. The van der Waals surface area contributed by atoms with Gasteiger partial charge in [-0.25, -0.2) is 4.79 Å². The van der Waals surface area contributed by atoms with E-state index >= 15 is 0 Å². The van der Waals surface area contributed by atoms with Crippen LogP contribution < -0.4 is 4.74 Å². The zero-order valence-corrected chi connectivity index (χ0v) is 7.78. The number of hydrogen-bond acceptors (Lipinski definition) is 3. The predicted octanol–water partition coefficient (Wildman–Crippen LogP) is 1.94. The van der Waals surface area contributed by atoms with Crippen molar-refractivity contribution >= 4 is 17.6 Å². The quantitative estimate of drug-likeness (QED) is 0.830. The van der Waals surface area contributed by atoms with Crippen LogP contribution in [-0.4, -0.2) is 17.7 Å². The molecule has 14 heavy (non-hydrogen) atoms. The zero-order chi connectivity index (χ0) is 10.6. The summed E-state index contributed by atoms with van der Waals surface area (Å²) in [4.78, 5) is 10.6. The highest BCUT2D eigenvalue weighted by molar-refractivity contribution is 6.34. The van der Waals surface area contributed by atoms with E-state index in [0.29, 0.717) is 0 Å². The second kappa shape index (κ2) is 4.49. The molecule has 0 heterocycles. The minimum absolute atomic E-state index is 0.00949. The maximum Gasteiger partial charge on any atom is 0.337 e. The van der Waals surface area contributed by atoms with Gasteiger partial charge in [0.2, 0.25) is 0 Å². The molecular formula is C9H6ClNO3. The van der Waals surface area contributed by atoms with Gasteiger partial charge in [0.25, 0.3) is 0 Å². The number of benzene rings is 1. The Kier molecular flexibility index (Phi) is 3.32. The lowest BCUT2D eigenvalue weighted by Crippen LogP contribution is -2.00. The average Bonchev–Trinajstić information content (AvgIpc) is 2.16. The average molecular weight is 212 g/mol. The number of nitriles is 1. The molecular weight excluding hydrogens is 206 g/mol. The Bertz CT molecular complexity index is 398. The molecule has 0 aliphatic rings. The van der Waals surface area contributed by atoms with Crippen LogP contribution in [0.4, 0.5) is 0 Å². The minimum atomic E-state index is -1.13. The first-order valence-electron chi connectivity index (χ1n) is 3.68. The van der Waals surface area contributed by atoms with Gasteiger partial charge in [-0.1, -0.05) is 17.7 Å². The monoisotopic (exact) mass is 211 g/mol. The van der Waals surface area contributed by atoms with Crippen molar-refractivity contribution < 1.29 is 14.6 Å². The normalized spacial score (nSPS) is 9.14. The smallest absolute Gasteiger partial charge is 0.337 e. The summed E-state index contributed by atoms with van der Waals surface area (Å²) in [6, 6.07) is 6.14. The number of carboxylic acids is 1. The first kappa shape index (κ1) is 10.4. The van der Waals surface area contributed by atoms with Crippen molar-refractivity contribution in [3.05, 3.63) is 28.8 Å². The molecule has 0 aliphatic carbocycles. The Balaban J connectivity index is 3.02. The van der Waals surface area contributed by atoms with E-state index < -0.39 is 5.97 Å². The van der Waals surface area contributed by atoms with Crippen LogP contribution in [0.15, 0.2) is 18.2 Å². The maximum atomic E-state index is 10.6. The van der Waals surface area contributed by atoms with Crippen molar-refractivity contribution in [2.24, 2.45) is 0 Å². The van der Waals surface area contributed by atoms with Crippen LogP contribution in [0.1, 0.15) is 10.4 Å². The van der Waals surface area contributed by atoms with Gasteiger partial charge in [-0.2, -0.15) is 5.26 Å². The van der Waals surface area contributed by atoms with E-state index in [1.165, 1.54) is 18.2 Å². The van der Waals surface area contributed by atoms with E-state index in [0.717, 1.165) is 0 Å². The Labute approximate surface area is 85.3 Å². The lowest BCUT2D eigenvalue weighted by molar-refractivity contribution is 0.0696. The second-order valence-electron chi connectivity index (χ2n) is 2.37. The fraction of sp³-hybridized carbons (Fsp3) is 0.111. The van der Waals surface area contributed by atoms with E-state index in [4.69, 9.17) is 26.7 Å². The second-order valence-corrected chi connectivity index (χ2v) is 2.75. The third kappa shape index (κ3) is 2.15. The third-order valence-corrected chi connectivity index (χ3v) is 1.88. The molecule has 0 spiro atoms. The lowest BCUT2D eigenvalue weighted by atomic mass is 10.2. The Morgan fingerprint density at radius 3 is 2.93 bits per heavy atom. The van der Waals surface area contributed by atoms with Crippen LogP contribution in [-0.2, 0) is 0 Å². The molecule has 1 N–H and O–H groups in total. The number of carbonyl (C=O) groups is 1. The fourth-order valence-corrected chi connectivity index (χ4v) is 1.16. The summed E-state index contributed by atoms with van der Waals surface area (Å²) in [5.74, 6) is -0.925. The van der Waals surface area contributed by atoms with E-state index in [-0.39, 0.29) is 22.9 Å². The van der Waals surface area contributed by atoms with E-state index in [1.807, 2.05) is 0 Å². The highest BCUT2D eigenvalue weighted by Gasteiger charge is 2.12. The SMILES string of the molecule is N#CCOc1cccc(C(=O)O)c1Cl. The van der Waals surface area contributed by atoms with Crippen LogP contribution in [0.3, 0.4) is 0 Å². The summed E-state index contributed by atoms with van der Waals surface area (Å²) in [5.41, 5.74) is -0.0397. The summed E-state index contributed by atoms with van der Waals surface area (Å²) in [5, 5.41) is 17.0. The molecule has 0 bridgehead atoms. The highest BCUT2D eigenvalue weighted by Crippen LogP contribution is 2.27. The van der Waals surface area contributed by atoms with Crippen molar-refractivity contribution in [1.29, 1.82) is 5.26 Å². The third-order valence-electron chi connectivity index (χ3n) is 1.49. The summed E-state index contributed by atoms with van der Waals surface area (Å²) in [6.07, 6.45) is 0. The van der Waals surface area contributed by atoms with Gasteiger partial charge in [0.05, 0.1) is 10.6 Å². The van der Waals surface area contributed by atoms with E-state index in [2.05, 4.69) is 0 Å². The van der Waals surface area contributed by atoms with E-state index in [9.17, 15) is 4.79 Å². The molecule has 5 heteroatoms. The van der Waals surface area contributed by atoms with Crippen LogP contribution in [0.25, 0.3) is 0 Å². The standard InChI is InChI=1S/C9H6ClNO3/c10-8-6(9(12)13)2-1-3-7(8)14-5-4-11/h1-3H,5H2,(H,12,13). The molecule has 0 radical (unpaired) electrons. The number of halogens is 1. The summed E-state index contributed by atoms with van der Waals surface area (Å²) < 4.78 is 4.92.